The van der Waals surface area contributed by atoms with Gasteiger partial charge in [0.05, 0.1) is 19.9 Å². The van der Waals surface area contributed by atoms with Crippen molar-refractivity contribution >= 4 is 5.91 Å². The number of hydrogen-bond donors (Lipinski definition) is 0. The van der Waals surface area contributed by atoms with E-state index in [4.69, 9.17) is 14.3 Å². The van der Waals surface area contributed by atoms with Crippen LogP contribution in [0.4, 0.5) is 4.39 Å². The van der Waals surface area contributed by atoms with E-state index in [9.17, 15) is 9.18 Å². The van der Waals surface area contributed by atoms with Crippen molar-refractivity contribution in [3.05, 3.63) is 52.8 Å². The number of amides is 1. The van der Waals surface area contributed by atoms with E-state index in [1.165, 1.54) is 19.2 Å². The summed E-state index contributed by atoms with van der Waals surface area (Å²) in [7, 11) is 1.40. The molecular weight excluding hydrogens is 387 g/mol. The lowest BCUT2D eigenvalue weighted by molar-refractivity contribution is 0.0732. The molecule has 1 aliphatic heterocycles. The Hall–Kier alpha value is -3.16. The molecule has 7 nitrogen and oxygen atoms in total. The second-order valence-corrected chi connectivity index (χ2v) is 7.95. The van der Waals surface area contributed by atoms with Crippen LogP contribution in [-0.4, -0.2) is 39.2 Å². The molecule has 0 saturated carbocycles. The number of halogens is 1. The molecule has 0 aliphatic carbocycles. The Morgan fingerprint density at radius 2 is 2.17 bits per heavy atom. The molecule has 1 aliphatic rings. The van der Waals surface area contributed by atoms with Gasteiger partial charge in [0.2, 0.25) is 5.89 Å². The van der Waals surface area contributed by atoms with Gasteiger partial charge in [-0.25, -0.2) is 9.37 Å². The zero-order chi connectivity index (χ0) is 21.4. The Morgan fingerprint density at radius 3 is 2.80 bits per heavy atom. The standard InChI is InChI=1S/C22H25FN4O3/c1-13(2)11-27-18-7-8-26(22(28)15-5-6-19(29-4)17(23)9-15)12-16(18)20(25-27)21-24-10-14(3)30-21/h5-6,9-10,13H,7-8,11-12H2,1-4H3. The van der Waals surface area contributed by atoms with E-state index >= 15 is 0 Å². The van der Waals surface area contributed by atoms with Gasteiger partial charge in [0, 0.05) is 36.3 Å². The molecule has 0 unspecified atom stereocenters. The van der Waals surface area contributed by atoms with Crippen LogP contribution in [0, 0.1) is 18.7 Å². The SMILES string of the molecule is COc1ccc(C(=O)N2CCc3c(c(-c4ncc(C)o4)nn3CC(C)C)C2)cc1F. The average Bonchev–Trinajstić information content (AvgIpc) is 3.30. The second-order valence-electron chi connectivity index (χ2n) is 7.95. The molecule has 1 aromatic carbocycles. The van der Waals surface area contributed by atoms with E-state index < -0.39 is 5.82 Å². The third kappa shape index (κ3) is 3.69. The molecule has 4 rings (SSSR count). The Bertz CT molecular complexity index is 1090. The number of aromatic nitrogens is 3. The first-order valence-corrected chi connectivity index (χ1v) is 10.0. The Kier molecular flexibility index (Phi) is 5.32. The summed E-state index contributed by atoms with van der Waals surface area (Å²) in [5.74, 6) is 0.917. The van der Waals surface area contributed by atoms with Gasteiger partial charge in [-0.3, -0.25) is 9.48 Å². The molecule has 0 fully saturated rings. The third-order valence-corrected chi connectivity index (χ3v) is 5.18. The minimum Gasteiger partial charge on any atom is -0.494 e. The molecule has 8 heteroatoms. The van der Waals surface area contributed by atoms with Gasteiger partial charge in [0.25, 0.3) is 5.91 Å². The summed E-state index contributed by atoms with van der Waals surface area (Å²) in [6.45, 7) is 7.80. The second kappa shape index (κ2) is 7.93. The van der Waals surface area contributed by atoms with Crippen LogP contribution in [0.1, 0.15) is 41.2 Å². The summed E-state index contributed by atoms with van der Waals surface area (Å²) in [4.78, 5) is 19.1. The molecule has 0 atom stereocenters. The Morgan fingerprint density at radius 1 is 1.37 bits per heavy atom. The maximum absolute atomic E-state index is 14.1. The normalized spacial score (nSPS) is 13.6. The predicted molar refractivity (Wildman–Crippen MR) is 109 cm³/mol. The van der Waals surface area contributed by atoms with Crippen molar-refractivity contribution in [1.29, 1.82) is 0 Å². The fraction of sp³-hybridized carbons (Fsp3) is 0.409. The minimum absolute atomic E-state index is 0.115. The molecule has 2 aromatic heterocycles. The molecule has 3 heterocycles. The summed E-state index contributed by atoms with van der Waals surface area (Å²) < 4.78 is 26.8. The number of carbonyl (C=O) groups is 1. The number of rotatable bonds is 5. The molecule has 30 heavy (non-hydrogen) atoms. The van der Waals surface area contributed by atoms with Crippen molar-refractivity contribution in [2.45, 2.75) is 40.3 Å². The summed E-state index contributed by atoms with van der Waals surface area (Å²) in [6.07, 6.45) is 2.33. The average molecular weight is 412 g/mol. The fourth-order valence-electron chi connectivity index (χ4n) is 3.78. The van der Waals surface area contributed by atoms with E-state index in [1.54, 1.807) is 17.2 Å². The monoisotopic (exact) mass is 412 g/mol. The summed E-state index contributed by atoms with van der Waals surface area (Å²) in [6, 6.07) is 4.27. The number of aryl methyl sites for hydroxylation is 1. The molecule has 158 valence electrons. The maximum atomic E-state index is 14.1. The molecule has 0 saturated heterocycles. The van der Waals surface area contributed by atoms with Crippen molar-refractivity contribution in [2.24, 2.45) is 5.92 Å². The van der Waals surface area contributed by atoms with Crippen LogP contribution in [0.15, 0.2) is 28.8 Å². The minimum atomic E-state index is -0.554. The van der Waals surface area contributed by atoms with Gasteiger partial charge in [0.1, 0.15) is 5.76 Å². The Labute approximate surface area is 174 Å². The lowest BCUT2D eigenvalue weighted by atomic mass is 10.0. The van der Waals surface area contributed by atoms with E-state index in [0.29, 0.717) is 48.3 Å². The number of methoxy groups -OCH3 is 1. The third-order valence-electron chi connectivity index (χ3n) is 5.18. The number of benzene rings is 1. The van der Waals surface area contributed by atoms with Gasteiger partial charge in [-0.1, -0.05) is 13.8 Å². The molecule has 0 N–H and O–H groups in total. The van der Waals surface area contributed by atoms with Crippen molar-refractivity contribution in [3.8, 4) is 17.3 Å². The van der Waals surface area contributed by atoms with Crippen molar-refractivity contribution in [1.82, 2.24) is 19.7 Å². The smallest absolute Gasteiger partial charge is 0.254 e. The van der Waals surface area contributed by atoms with Gasteiger partial charge in [-0.15, -0.1) is 0 Å². The van der Waals surface area contributed by atoms with Crippen LogP contribution in [0.2, 0.25) is 0 Å². The number of nitrogens with zero attached hydrogens (tertiary/aromatic N) is 4. The number of fused-ring (bicyclic) bond motifs is 1. The number of ether oxygens (including phenoxy) is 1. The van der Waals surface area contributed by atoms with Crippen molar-refractivity contribution in [2.75, 3.05) is 13.7 Å². The molecular formula is C22H25FN4O3. The van der Waals surface area contributed by atoms with E-state index in [2.05, 4.69) is 18.8 Å². The van der Waals surface area contributed by atoms with Gasteiger partial charge >= 0.3 is 0 Å². The van der Waals surface area contributed by atoms with Gasteiger partial charge in [-0.05, 0) is 31.0 Å². The fourth-order valence-corrected chi connectivity index (χ4v) is 3.78. The maximum Gasteiger partial charge on any atom is 0.254 e. The topological polar surface area (TPSA) is 73.4 Å². The van der Waals surface area contributed by atoms with Crippen LogP contribution in [-0.2, 0) is 19.5 Å². The molecule has 0 radical (unpaired) electrons. The zero-order valence-electron chi connectivity index (χ0n) is 17.6. The Balaban J connectivity index is 1.67. The summed E-state index contributed by atoms with van der Waals surface area (Å²) in [5.41, 5.74) is 2.99. The highest BCUT2D eigenvalue weighted by atomic mass is 19.1. The first-order valence-electron chi connectivity index (χ1n) is 10.0. The van der Waals surface area contributed by atoms with E-state index in [0.717, 1.165) is 17.8 Å². The van der Waals surface area contributed by atoms with Crippen molar-refractivity contribution in [3.63, 3.8) is 0 Å². The first kappa shape index (κ1) is 20.1. The molecule has 3 aromatic rings. The van der Waals surface area contributed by atoms with Crippen LogP contribution in [0.25, 0.3) is 11.6 Å². The molecule has 0 spiro atoms. The van der Waals surface area contributed by atoms with Crippen LogP contribution in [0.3, 0.4) is 0 Å². The lowest BCUT2D eigenvalue weighted by Gasteiger charge is -2.28. The van der Waals surface area contributed by atoms with E-state index in [1.807, 2.05) is 11.6 Å². The van der Waals surface area contributed by atoms with Crippen LogP contribution < -0.4 is 4.74 Å². The lowest BCUT2D eigenvalue weighted by Crippen LogP contribution is -2.36. The van der Waals surface area contributed by atoms with Gasteiger partial charge in [0.15, 0.2) is 17.3 Å². The first-order chi connectivity index (χ1) is 14.4. The van der Waals surface area contributed by atoms with E-state index in [-0.39, 0.29) is 11.7 Å². The summed E-state index contributed by atoms with van der Waals surface area (Å²) >= 11 is 0. The highest BCUT2D eigenvalue weighted by molar-refractivity contribution is 5.94. The van der Waals surface area contributed by atoms with Crippen LogP contribution >= 0.6 is 0 Å². The predicted octanol–water partition coefficient (Wildman–Crippen LogP) is 3.85. The zero-order valence-corrected chi connectivity index (χ0v) is 17.6. The number of oxazole rings is 1. The number of carbonyl (C=O) groups excluding carboxylic acids is 1. The van der Waals surface area contributed by atoms with Crippen molar-refractivity contribution < 1.29 is 18.3 Å². The molecule has 1 amide bonds. The quantitative estimate of drug-likeness (QED) is 0.636. The van der Waals surface area contributed by atoms with Gasteiger partial charge < -0.3 is 14.1 Å². The van der Waals surface area contributed by atoms with Crippen LogP contribution in [0.5, 0.6) is 5.75 Å². The van der Waals surface area contributed by atoms with Gasteiger partial charge in [-0.2, -0.15) is 5.10 Å². The molecule has 0 bridgehead atoms. The number of hydrogen-bond acceptors (Lipinski definition) is 5. The highest BCUT2D eigenvalue weighted by Gasteiger charge is 2.30. The highest BCUT2D eigenvalue weighted by Crippen LogP contribution is 2.31. The largest absolute Gasteiger partial charge is 0.494 e. The summed E-state index contributed by atoms with van der Waals surface area (Å²) in [5, 5.41) is 4.76.